The lowest BCUT2D eigenvalue weighted by molar-refractivity contribution is 0.0130. The van der Waals surface area contributed by atoms with Crippen LogP contribution in [0.5, 0.6) is 0 Å². The van der Waals surface area contributed by atoms with Gasteiger partial charge in [-0.2, -0.15) is 0 Å². The number of rotatable bonds is 3. The third-order valence-electron chi connectivity index (χ3n) is 5.71. The van der Waals surface area contributed by atoms with E-state index in [1.54, 1.807) is 0 Å². The van der Waals surface area contributed by atoms with E-state index in [2.05, 4.69) is 31.0 Å². The number of hydrogen-bond donors (Lipinski definition) is 1. The Balaban J connectivity index is 1.68. The third kappa shape index (κ3) is 2.15. The number of hydrogen-bond acceptors (Lipinski definition) is 2. The van der Waals surface area contributed by atoms with Crippen molar-refractivity contribution < 1.29 is 0 Å². The van der Waals surface area contributed by atoms with Crippen molar-refractivity contribution in [3.05, 3.63) is 0 Å². The van der Waals surface area contributed by atoms with Crippen LogP contribution in [-0.4, -0.2) is 35.6 Å². The maximum Gasteiger partial charge on any atom is 0.0309 e. The predicted octanol–water partition coefficient (Wildman–Crippen LogP) is 2.64. The summed E-state index contributed by atoms with van der Waals surface area (Å²) in [6.45, 7) is 9.78. The van der Waals surface area contributed by atoms with Crippen LogP contribution in [0.3, 0.4) is 0 Å². The van der Waals surface area contributed by atoms with E-state index in [0.29, 0.717) is 5.54 Å². The highest BCUT2D eigenvalue weighted by Crippen LogP contribution is 2.42. The van der Waals surface area contributed by atoms with Crippen molar-refractivity contribution >= 4 is 0 Å². The zero-order valence-electron chi connectivity index (χ0n) is 11.7. The molecule has 0 spiro atoms. The van der Waals surface area contributed by atoms with Gasteiger partial charge < -0.3 is 5.32 Å². The highest BCUT2D eigenvalue weighted by atomic mass is 15.3. The SMILES string of the molecule is CC1CNC(C)(C2CC2)CN1C(C)C1CCC1. The van der Waals surface area contributed by atoms with Crippen molar-refractivity contribution in [2.75, 3.05) is 13.1 Å². The second-order valence-electron chi connectivity index (χ2n) is 7.03. The van der Waals surface area contributed by atoms with Crippen molar-refractivity contribution in [3.63, 3.8) is 0 Å². The second kappa shape index (κ2) is 4.24. The van der Waals surface area contributed by atoms with E-state index in [0.717, 1.165) is 23.9 Å². The van der Waals surface area contributed by atoms with Crippen LogP contribution in [0, 0.1) is 11.8 Å². The highest BCUT2D eigenvalue weighted by Gasteiger charge is 2.46. The maximum absolute atomic E-state index is 3.83. The van der Waals surface area contributed by atoms with Crippen molar-refractivity contribution in [3.8, 4) is 0 Å². The molecule has 0 bridgehead atoms. The summed E-state index contributed by atoms with van der Waals surface area (Å²) in [5.74, 6) is 1.94. The molecule has 98 valence electrons. The van der Waals surface area contributed by atoms with Gasteiger partial charge in [0.05, 0.1) is 0 Å². The zero-order chi connectivity index (χ0) is 12.0. The van der Waals surface area contributed by atoms with E-state index in [4.69, 9.17) is 0 Å². The van der Waals surface area contributed by atoms with Crippen molar-refractivity contribution in [1.82, 2.24) is 10.2 Å². The number of nitrogens with zero attached hydrogens (tertiary/aromatic N) is 1. The van der Waals surface area contributed by atoms with E-state index >= 15 is 0 Å². The minimum atomic E-state index is 0.407. The van der Waals surface area contributed by atoms with Crippen LogP contribution in [0.25, 0.3) is 0 Å². The molecule has 2 aliphatic carbocycles. The summed E-state index contributed by atoms with van der Waals surface area (Å²) in [4.78, 5) is 2.80. The Bertz CT molecular complexity index is 283. The standard InChI is InChI=1S/C15H28N2/c1-11-9-16-15(3,14-7-8-14)10-17(11)12(2)13-5-4-6-13/h11-14,16H,4-10H2,1-3H3. The quantitative estimate of drug-likeness (QED) is 0.810. The molecular weight excluding hydrogens is 208 g/mol. The molecular formula is C15H28N2. The Kier molecular flexibility index (Phi) is 2.99. The maximum atomic E-state index is 3.83. The van der Waals surface area contributed by atoms with Gasteiger partial charge in [0.15, 0.2) is 0 Å². The van der Waals surface area contributed by atoms with Gasteiger partial charge in [-0.15, -0.1) is 0 Å². The molecule has 17 heavy (non-hydrogen) atoms. The van der Waals surface area contributed by atoms with Crippen LogP contribution >= 0.6 is 0 Å². The van der Waals surface area contributed by atoms with Gasteiger partial charge in [-0.25, -0.2) is 0 Å². The molecule has 3 atom stereocenters. The van der Waals surface area contributed by atoms with Crippen molar-refractivity contribution in [2.24, 2.45) is 11.8 Å². The molecule has 0 aromatic carbocycles. The first-order valence-corrected chi connectivity index (χ1v) is 7.61. The first kappa shape index (κ1) is 12.0. The van der Waals surface area contributed by atoms with Crippen LogP contribution in [0.2, 0.25) is 0 Å². The fourth-order valence-electron chi connectivity index (χ4n) is 3.82. The molecule has 3 rings (SSSR count). The first-order valence-electron chi connectivity index (χ1n) is 7.61. The summed E-state index contributed by atoms with van der Waals surface area (Å²) in [7, 11) is 0. The van der Waals surface area contributed by atoms with Crippen LogP contribution in [0.15, 0.2) is 0 Å². The second-order valence-corrected chi connectivity index (χ2v) is 7.03. The van der Waals surface area contributed by atoms with Gasteiger partial charge in [0.25, 0.3) is 0 Å². The van der Waals surface area contributed by atoms with Gasteiger partial charge in [0.1, 0.15) is 0 Å². The van der Waals surface area contributed by atoms with Gasteiger partial charge in [-0.05, 0) is 58.3 Å². The topological polar surface area (TPSA) is 15.3 Å². The fourth-order valence-corrected chi connectivity index (χ4v) is 3.82. The first-order chi connectivity index (χ1) is 8.10. The molecule has 0 aromatic heterocycles. The lowest BCUT2D eigenvalue weighted by Gasteiger charge is -2.51. The molecule has 0 radical (unpaired) electrons. The molecule has 3 unspecified atom stereocenters. The molecule has 0 amide bonds. The molecule has 1 saturated heterocycles. The minimum absolute atomic E-state index is 0.407. The molecule has 2 saturated carbocycles. The van der Waals surface area contributed by atoms with Crippen LogP contribution in [-0.2, 0) is 0 Å². The Labute approximate surface area is 106 Å². The summed E-state index contributed by atoms with van der Waals surface area (Å²) in [5, 5.41) is 3.83. The molecule has 3 aliphatic rings. The van der Waals surface area contributed by atoms with Crippen molar-refractivity contribution in [1.29, 1.82) is 0 Å². The summed E-state index contributed by atoms with van der Waals surface area (Å²) >= 11 is 0. The highest BCUT2D eigenvalue weighted by molar-refractivity contribution is 5.04. The zero-order valence-corrected chi connectivity index (χ0v) is 11.7. The third-order valence-corrected chi connectivity index (χ3v) is 5.71. The predicted molar refractivity (Wildman–Crippen MR) is 72.1 cm³/mol. The van der Waals surface area contributed by atoms with E-state index in [1.807, 2.05) is 0 Å². The molecule has 1 N–H and O–H groups in total. The largest absolute Gasteiger partial charge is 0.308 e. The Morgan fingerprint density at radius 2 is 1.94 bits per heavy atom. The Morgan fingerprint density at radius 1 is 1.24 bits per heavy atom. The van der Waals surface area contributed by atoms with Crippen LogP contribution in [0.4, 0.5) is 0 Å². The number of piperazine rings is 1. The monoisotopic (exact) mass is 236 g/mol. The van der Waals surface area contributed by atoms with E-state index in [9.17, 15) is 0 Å². The molecule has 1 heterocycles. The normalized spacial score (nSPS) is 42.2. The molecule has 0 aromatic rings. The average molecular weight is 236 g/mol. The van der Waals surface area contributed by atoms with Gasteiger partial charge in [-0.1, -0.05) is 6.42 Å². The van der Waals surface area contributed by atoms with E-state index < -0.39 is 0 Å². The number of nitrogens with one attached hydrogen (secondary N) is 1. The van der Waals surface area contributed by atoms with Gasteiger partial charge >= 0.3 is 0 Å². The van der Waals surface area contributed by atoms with Crippen molar-refractivity contribution in [2.45, 2.75) is 70.5 Å². The Morgan fingerprint density at radius 3 is 2.47 bits per heavy atom. The summed E-state index contributed by atoms with van der Waals surface area (Å²) < 4.78 is 0. The molecule has 2 nitrogen and oxygen atoms in total. The lowest BCUT2D eigenvalue weighted by atomic mass is 9.78. The van der Waals surface area contributed by atoms with Gasteiger partial charge in [-0.3, -0.25) is 4.90 Å². The molecule has 3 fully saturated rings. The van der Waals surface area contributed by atoms with Gasteiger partial charge in [0.2, 0.25) is 0 Å². The summed E-state index contributed by atoms with van der Waals surface area (Å²) in [6.07, 6.45) is 7.30. The van der Waals surface area contributed by atoms with E-state index in [-0.39, 0.29) is 0 Å². The van der Waals surface area contributed by atoms with Crippen LogP contribution in [0.1, 0.15) is 52.9 Å². The molecule has 1 aliphatic heterocycles. The molecule has 2 heteroatoms. The fraction of sp³-hybridized carbons (Fsp3) is 1.00. The van der Waals surface area contributed by atoms with E-state index in [1.165, 1.54) is 45.2 Å². The minimum Gasteiger partial charge on any atom is -0.308 e. The lowest BCUT2D eigenvalue weighted by Crippen LogP contribution is -2.66. The summed E-state index contributed by atoms with van der Waals surface area (Å²) in [5.41, 5.74) is 0.407. The van der Waals surface area contributed by atoms with Gasteiger partial charge in [0, 0.05) is 30.7 Å². The van der Waals surface area contributed by atoms with Crippen LogP contribution < -0.4 is 5.32 Å². The smallest absolute Gasteiger partial charge is 0.0309 e. The average Bonchev–Trinajstić information content (AvgIpc) is 3.03. The summed E-state index contributed by atoms with van der Waals surface area (Å²) in [6, 6.07) is 1.52. The Hall–Kier alpha value is -0.0800.